The van der Waals surface area contributed by atoms with Gasteiger partial charge in [0.25, 0.3) is 0 Å². The van der Waals surface area contributed by atoms with Crippen molar-refractivity contribution >= 4 is 27.7 Å². The normalized spacial score (nSPS) is 12.0. The molecule has 0 aliphatic carbocycles. The van der Waals surface area contributed by atoms with Gasteiger partial charge in [-0.2, -0.15) is 0 Å². The van der Waals surface area contributed by atoms with Crippen molar-refractivity contribution in [3.63, 3.8) is 0 Å². The second-order valence-corrected chi connectivity index (χ2v) is 8.58. The van der Waals surface area contributed by atoms with Gasteiger partial charge in [-0.05, 0) is 79.4 Å². The second-order valence-electron chi connectivity index (χ2n) is 7.43. The molecule has 1 heterocycles. The molecule has 0 amide bonds. The van der Waals surface area contributed by atoms with Gasteiger partial charge >= 0.3 is 0 Å². The van der Waals surface area contributed by atoms with Gasteiger partial charge in [0.1, 0.15) is 11.6 Å². The molecule has 1 N–H and O–H groups in total. The van der Waals surface area contributed by atoms with Crippen molar-refractivity contribution in [1.29, 1.82) is 0 Å². The molecule has 0 saturated heterocycles. The smallest absolute Gasteiger partial charge is 0.152 e. The minimum absolute atomic E-state index is 0.595. The summed E-state index contributed by atoms with van der Waals surface area (Å²) in [5.41, 5.74) is 6.29. The number of fused-ring (bicyclic) bond motifs is 1. The maximum atomic E-state index is 12.9. The minimum Gasteiger partial charge on any atom is -0.497 e. The van der Waals surface area contributed by atoms with Gasteiger partial charge in [-0.25, -0.2) is 9.19 Å². The number of methoxy groups -OCH3 is 1. The van der Waals surface area contributed by atoms with E-state index in [9.17, 15) is 4.21 Å². The first-order valence-corrected chi connectivity index (χ1v) is 10.9. The van der Waals surface area contributed by atoms with Crippen LogP contribution in [0.5, 0.6) is 5.75 Å². The van der Waals surface area contributed by atoms with E-state index in [4.69, 9.17) is 4.74 Å². The first-order chi connectivity index (χ1) is 14.4. The molecule has 4 rings (SSSR count). The molecule has 0 bridgehead atoms. The fraction of sp³-hybridized carbons (Fsp3) is 0.160. The largest absolute Gasteiger partial charge is 0.497 e. The molecule has 0 saturated carbocycles. The molecule has 0 spiro atoms. The van der Waals surface area contributed by atoms with Gasteiger partial charge in [0.05, 0.1) is 17.5 Å². The lowest BCUT2D eigenvalue weighted by atomic mass is 10.0. The Labute approximate surface area is 179 Å². The monoisotopic (exact) mass is 416 g/mol. The van der Waals surface area contributed by atoms with E-state index in [1.807, 2.05) is 69.3 Å². The van der Waals surface area contributed by atoms with Crippen LogP contribution in [0.1, 0.15) is 16.7 Å². The Morgan fingerprint density at radius 1 is 0.833 bits per heavy atom. The molecule has 3 aromatic carbocycles. The molecular formula is C25H24N2O2S. The van der Waals surface area contributed by atoms with Crippen LogP contribution in [0.3, 0.4) is 0 Å². The van der Waals surface area contributed by atoms with E-state index < -0.39 is 11.0 Å². The van der Waals surface area contributed by atoms with E-state index in [-0.39, 0.29) is 0 Å². The SMILES string of the molecule is COc1ccc(-c2ccc3nc(NS(=O)c4c(C)cc(C)cc4C)ccc3c2)cc1. The number of anilines is 1. The highest BCUT2D eigenvalue weighted by Gasteiger charge is 2.12. The number of nitrogens with zero attached hydrogens (tertiary/aromatic N) is 1. The standard InChI is InChI=1S/C25H24N2O2S/c1-16-13-17(2)25(18(3)14-16)30(28)27-24-12-8-21-15-20(7-11-23(21)26-24)19-5-9-22(29-4)10-6-19/h5-15H,1-4H3,(H,26,27). The van der Waals surface area contributed by atoms with Crippen molar-refractivity contribution < 1.29 is 8.95 Å². The lowest BCUT2D eigenvalue weighted by Gasteiger charge is -2.12. The predicted molar refractivity (Wildman–Crippen MR) is 124 cm³/mol. The first kappa shape index (κ1) is 20.1. The van der Waals surface area contributed by atoms with E-state index in [0.29, 0.717) is 5.82 Å². The fourth-order valence-corrected chi connectivity index (χ4v) is 4.86. The summed E-state index contributed by atoms with van der Waals surface area (Å²) in [5, 5.41) is 1.03. The van der Waals surface area contributed by atoms with Crippen LogP contribution in [0.15, 0.2) is 71.6 Å². The maximum absolute atomic E-state index is 12.9. The molecule has 4 aromatic rings. The Morgan fingerprint density at radius 3 is 2.17 bits per heavy atom. The number of aryl methyl sites for hydroxylation is 3. The van der Waals surface area contributed by atoms with Crippen LogP contribution in [0.25, 0.3) is 22.0 Å². The molecule has 0 radical (unpaired) electrons. The zero-order valence-corrected chi connectivity index (χ0v) is 18.3. The predicted octanol–water partition coefficient (Wildman–Crippen LogP) is 5.97. The van der Waals surface area contributed by atoms with Crippen molar-refractivity contribution in [2.24, 2.45) is 0 Å². The Bertz CT molecular complexity index is 1230. The van der Waals surface area contributed by atoms with Crippen molar-refractivity contribution in [2.45, 2.75) is 25.7 Å². The Hall–Kier alpha value is -3.18. The van der Waals surface area contributed by atoms with Crippen LogP contribution in [0.4, 0.5) is 5.82 Å². The van der Waals surface area contributed by atoms with Gasteiger partial charge < -0.3 is 4.74 Å². The fourth-order valence-electron chi connectivity index (χ4n) is 3.75. The highest BCUT2D eigenvalue weighted by molar-refractivity contribution is 7.86. The number of aromatic nitrogens is 1. The zero-order chi connectivity index (χ0) is 21.3. The number of pyridine rings is 1. The van der Waals surface area contributed by atoms with Crippen molar-refractivity contribution in [3.8, 4) is 16.9 Å². The average molecular weight is 417 g/mol. The van der Waals surface area contributed by atoms with Crippen molar-refractivity contribution in [1.82, 2.24) is 4.98 Å². The van der Waals surface area contributed by atoms with E-state index >= 15 is 0 Å². The minimum atomic E-state index is -1.37. The van der Waals surface area contributed by atoms with Gasteiger partial charge in [0.2, 0.25) is 0 Å². The summed E-state index contributed by atoms with van der Waals surface area (Å²) in [4.78, 5) is 5.47. The number of hydrogen-bond acceptors (Lipinski definition) is 3. The van der Waals surface area contributed by atoms with Crippen LogP contribution < -0.4 is 9.46 Å². The molecule has 1 unspecified atom stereocenters. The summed E-state index contributed by atoms with van der Waals surface area (Å²) in [5.74, 6) is 1.43. The number of hydrogen-bond donors (Lipinski definition) is 1. The molecule has 30 heavy (non-hydrogen) atoms. The zero-order valence-electron chi connectivity index (χ0n) is 17.5. The van der Waals surface area contributed by atoms with Gasteiger partial charge in [-0.15, -0.1) is 0 Å². The first-order valence-electron chi connectivity index (χ1n) is 9.76. The lowest BCUT2D eigenvalue weighted by Crippen LogP contribution is -2.09. The van der Waals surface area contributed by atoms with Crippen LogP contribution >= 0.6 is 0 Å². The van der Waals surface area contributed by atoms with Gasteiger partial charge in [-0.1, -0.05) is 35.9 Å². The van der Waals surface area contributed by atoms with Gasteiger partial charge in [-0.3, -0.25) is 4.72 Å². The second kappa shape index (κ2) is 8.28. The number of ether oxygens (including phenoxy) is 1. The average Bonchev–Trinajstić information content (AvgIpc) is 2.72. The summed E-state index contributed by atoms with van der Waals surface area (Å²) < 4.78 is 21.2. The molecular weight excluding hydrogens is 392 g/mol. The van der Waals surface area contributed by atoms with Crippen molar-refractivity contribution in [2.75, 3.05) is 11.8 Å². The Kier molecular flexibility index (Phi) is 5.55. The molecule has 5 heteroatoms. The van der Waals surface area contributed by atoms with Gasteiger partial charge in [0.15, 0.2) is 11.0 Å². The molecule has 0 aliphatic rings. The molecule has 1 atom stereocenters. The van der Waals surface area contributed by atoms with E-state index in [0.717, 1.165) is 43.8 Å². The van der Waals surface area contributed by atoms with Crippen molar-refractivity contribution in [3.05, 3.63) is 83.4 Å². The van der Waals surface area contributed by atoms with Crippen LogP contribution in [0, 0.1) is 20.8 Å². The summed E-state index contributed by atoms with van der Waals surface area (Å²) in [6.07, 6.45) is 0. The molecule has 0 aliphatic heterocycles. The third-order valence-corrected chi connectivity index (χ3v) is 6.51. The number of nitrogens with one attached hydrogen (secondary N) is 1. The van der Waals surface area contributed by atoms with E-state index in [1.54, 1.807) is 7.11 Å². The van der Waals surface area contributed by atoms with E-state index in [1.165, 1.54) is 5.56 Å². The molecule has 0 fully saturated rings. The van der Waals surface area contributed by atoms with Gasteiger partial charge in [0, 0.05) is 5.39 Å². The third-order valence-electron chi connectivity index (χ3n) is 5.10. The molecule has 1 aromatic heterocycles. The molecule has 152 valence electrons. The summed E-state index contributed by atoms with van der Waals surface area (Å²) in [7, 11) is 0.293. The van der Waals surface area contributed by atoms with Crippen LogP contribution in [-0.4, -0.2) is 16.3 Å². The lowest BCUT2D eigenvalue weighted by molar-refractivity contribution is 0.415. The summed E-state index contributed by atoms with van der Waals surface area (Å²) >= 11 is 0. The van der Waals surface area contributed by atoms with Crippen LogP contribution in [-0.2, 0) is 11.0 Å². The summed E-state index contributed by atoms with van der Waals surface area (Å²) in [6, 6.07) is 22.1. The molecule has 4 nitrogen and oxygen atoms in total. The highest BCUT2D eigenvalue weighted by Crippen LogP contribution is 2.27. The number of rotatable bonds is 5. The topological polar surface area (TPSA) is 51.2 Å². The third kappa shape index (κ3) is 4.07. The highest BCUT2D eigenvalue weighted by atomic mass is 32.2. The van der Waals surface area contributed by atoms with Crippen LogP contribution in [0.2, 0.25) is 0 Å². The number of benzene rings is 3. The quantitative estimate of drug-likeness (QED) is 0.436. The summed E-state index contributed by atoms with van der Waals surface area (Å²) in [6.45, 7) is 6.03. The Morgan fingerprint density at radius 2 is 1.50 bits per heavy atom. The van der Waals surface area contributed by atoms with E-state index in [2.05, 4.69) is 27.9 Å². The maximum Gasteiger partial charge on any atom is 0.152 e. The Balaban J connectivity index is 1.60.